The van der Waals surface area contributed by atoms with Crippen LogP contribution in [0.15, 0.2) is 24.3 Å². The van der Waals surface area contributed by atoms with Crippen LogP contribution >= 0.6 is 11.8 Å². The summed E-state index contributed by atoms with van der Waals surface area (Å²) in [5.74, 6) is 1.94. The molecular weight excluding hydrogens is 248 g/mol. The van der Waals surface area contributed by atoms with E-state index >= 15 is 0 Å². The molecule has 0 unspecified atom stereocenters. The van der Waals surface area contributed by atoms with Crippen molar-refractivity contribution in [3.63, 3.8) is 0 Å². The summed E-state index contributed by atoms with van der Waals surface area (Å²) in [6, 6.07) is 7.88. The van der Waals surface area contributed by atoms with Crippen LogP contribution in [0.3, 0.4) is 0 Å². The first-order valence-electron chi connectivity index (χ1n) is 6.06. The van der Waals surface area contributed by atoms with Crippen LogP contribution in [0.4, 0.5) is 0 Å². The third-order valence-corrected chi connectivity index (χ3v) is 3.74. The summed E-state index contributed by atoms with van der Waals surface area (Å²) in [4.78, 5) is 11.8. The van der Waals surface area contributed by atoms with Gasteiger partial charge in [0, 0.05) is 11.7 Å². The Balaban J connectivity index is 1.92. The Morgan fingerprint density at radius 3 is 2.94 bits per heavy atom. The molecule has 98 valence electrons. The van der Waals surface area contributed by atoms with Gasteiger partial charge in [0.15, 0.2) is 0 Å². The van der Waals surface area contributed by atoms with Gasteiger partial charge in [0.2, 0.25) is 0 Å². The molecule has 0 aromatic heterocycles. The predicted molar refractivity (Wildman–Crippen MR) is 73.2 cm³/mol. The second kappa shape index (κ2) is 6.14. The van der Waals surface area contributed by atoms with Crippen molar-refractivity contribution in [3.05, 3.63) is 29.8 Å². The van der Waals surface area contributed by atoms with Crippen LogP contribution in [0.25, 0.3) is 0 Å². The van der Waals surface area contributed by atoms with Gasteiger partial charge in [-0.3, -0.25) is 4.79 Å². The fourth-order valence-electron chi connectivity index (χ4n) is 2.10. The first-order valence-corrected chi connectivity index (χ1v) is 7.45. The second-order valence-corrected chi connectivity index (χ2v) is 5.34. The summed E-state index contributed by atoms with van der Waals surface area (Å²) in [6.45, 7) is 0.509. The number of methoxy groups -OCH3 is 1. The summed E-state index contributed by atoms with van der Waals surface area (Å²) >= 11 is 1.68. The number of esters is 1. The number of carbonyl (C=O) groups is 1. The molecule has 1 aliphatic rings. The first-order chi connectivity index (χ1) is 8.77. The van der Waals surface area contributed by atoms with E-state index < -0.39 is 0 Å². The summed E-state index contributed by atoms with van der Waals surface area (Å²) in [5.41, 5.74) is 1.12. The SMILES string of the molecule is COc1ccccc1[C@H]1C[C@H]1C(=O)OCCSC. The van der Waals surface area contributed by atoms with Crippen molar-refractivity contribution in [2.75, 3.05) is 25.7 Å². The first kappa shape index (κ1) is 13.3. The summed E-state index contributed by atoms with van der Waals surface area (Å²) < 4.78 is 10.5. The van der Waals surface area contributed by atoms with Crippen LogP contribution in [0, 0.1) is 5.92 Å². The molecule has 1 saturated carbocycles. The predicted octanol–water partition coefficient (Wildman–Crippen LogP) is 2.70. The van der Waals surface area contributed by atoms with E-state index in [4.69, 9.17) is 9.47 Å². The van der Waals surface area contributed by atoms with Gasteiger partial charge in [0.05, 0.1) is 13.0 Å². The maximum atomic E-state index is 11.8. The van der Waals surface area contributed by atoms with E-state index in [1.807, 2.05) is 30.5 Å². The maximum absolute atomic E-state index is 11.8. The highest BCUT2D eigenvalue weighted by Crippen LogP contribution is 2.50. The molecule has 0 aliphatic heterocycles. The minimum absolute atomic E-state index is 0.0168. The van der Waals surface area contributed by atoms with Gasteiger partial charge >= 0.3 is 5.97 Å². The van der Waals surface area contributed by atoms with E-state index in [1.54, 1.807) is 18.9 Å². The molecule has 0 radical (unpaired) electrons. The standard InChI is InChI=1S/C14H18O3S/c1-16-13-6-4-3-5-10(13)11-9-12(11)14(15)17-7-8-18-2/h3-6,11-12H,7-9H2,1-2H3/t11-,12-/m1/s1. The lowest BCUT2D eigenvalue weighted by Crippen LogP contribution is -2.10. The van der Waals surface area contributed by atoms with Gasteiger partial charge < -0.3 is 9.47 Å². The van der Waals surface area contributed by atoms with Crippen molar-refractivity contribution in [1.29, 1.82) is 0 Å². The van der Waals surface area contributed by atoms with Crippen molar-refractivity contribution in [2.45, 2.75) is 12.3 Å². The van der Waals surface area contributed by atoms with Crippen LogP contribution in [0.1, 0.15) is 17.9 Å². The van der Waals surface area contributed by atoms with Crippen molar-refractivity contribution in [1.82, 2.24) is 0 Å². The molecule has 0 heterocycles. The van der Waals surface area contributed by atoms with Gasteiger partial charge in [-0.2, -0.15) is 11.8 Å². The fraction of sp³-hybridized carbons (Fsp3) is 0.500. The summed E-state index contributed by atoms with van der Waals surface area (Å²) in [6.07, 6.45) is 2.88. The lowest BCUT2D eigenvalue weighted by atomic mass is 10.1. The minimum Gasteiger partial charge on any atom is -0.496 e. The van der Waals surface area contributed by atoms with Crippen LogP contribution in [-0.2, 0) is 9.53 Å². The van der Waals surface area contributed by atoms with E-state index in [-0.39, 0.29) is 17.8 Å². The molecule has 0 N–H and O–H groups in total. The minimum atomic E-state index is -0.0695. The van der Waals surface area contributed by atoms with E-state index in [9.17, 15) is 4.79 Å². The van der Waals surface area contributed by atoms with Gasteiger partial charge in [0.25, 0.3) is 0 Å². The molecule has 4 heteroatoms. The molecule has 0 saturated heterocycles. The molecule has 2 atom stereocenters. The van der Waals surface area contributed by atoms with Crippen LogP contribution in [0.2, 0.25) is 0 Å². The van der Waals surface area contributed by atoms with Gasteiger partial charge in [-0.1, -0.05) is 18.2 Å². The number of para-hydroxylation sites is 1. The zero-order valence-corrected chi connectivity index (χ0v) is 11.5. The Morgan fingerprint density at radius 1 is 1.44 bits per heavy atom. The normalized spacial score (nSPS) is 21.4. The molecule has 1 aromatic carbocycles. The van der Waals surface area contributed by atoms with Crippen LogP contribution in [-0.4, -0.2) is 31.7 Å². The van der Waals surface area contributed by atoms with Crippen molar-refractivity contribution in [2.24, 2.45) is 5.92 Å². The lowest BCUT2D eigenvalue weighted by Gasteiger charge is -2.07. The second-order valence-electron chi connectivity index (χ2n) is 4.35. The van der Waals surface area contributed by atoms with Crippen LogP contribution < -0.4 is 4.74 Å². The number of thioether (sulfide) groups is 1. The Morgan fingerprint density at radius 2 is 2.22 bits per heavy atom. The van der Waals surface area contributed by atoms with Crippen molar-refractivity contribution < 1.29 is 14.3 Å². The van der Waals surface area contributed by atoms with Gasteiger partial charge in [-0.05, 0) is 24.3 Å². The molecule has 1 fully saturated rings. The smallest absolute Gasteiger partial charge is 0.309 e. The highest BCUT2D eigenvalue weighted by Gasteiger charge is 2.46. The zero-order valence-electron chi connectivity index (χ0n) is 10.7. The van der Waals surface area contributed by atoms with Gasteiger partial charge in [-0.25, -0.2) is 0 Å². The number of ether oxygens (including phenoxy) is 2. The Labute approximate surface area is 112 Å². The third-order valence-electron chi connectivity index (χ3n) is 3.16. The van der Waals surface area contributed by atoms with Crippen molar-refractivity contribution in [3.8, 4) is 5.75 Å². The lowest BCUT2D eigenvalue weighted by molar-refractivity contribution is -0.144. The Kier molecular flexibility index (Phi) is 4.53. The average Bonchev–Trinajstić information content (AvgIpc) is 3.19. The van der Waals surface area contributed by atoms with E-state index in [2.05, 4.69) is 0 Å². The van der Waals surface area contributed by atoms with E-state index in [0.717, 1.165) is 23.5 Å². The molecule has 0 spiro atoms. The Hall–Kier alpha value is -1.16. The molecule has 1 aliphatic carbocycles. The summed E-state index contributed by atoms with van der Waals surface area (Å²) in [5, 5.41) is 0. The van der Waals surface area contributed by atoms with Gasteiger partial charge in [-0.15, -0.1) is 0 Å². The molecule has 2 rings (SSSR count). The molecule has 1 aromatic rings. The quantitative estimate of drug-likeness (QED) is 0.586. The highest BCUT2D eigenvalue weighted by atomic mass is 32.2. The highest BCUT2D eigenvalue weighted by molar-refractivity contribution is 7.98. The molecule has 0 amide bonds. The Bertz CT molecular complexity index is 419. The topological polar surface area (TPSA) is 35.5 Å². The fourth-order valence-corrected chi connectivity index (χ4v) is 2.35. The van der Waals surface area contributed by atoms with Crippen molar-refractivity contribution >= 4 is 17.7 Å². The summed E-state index contributed by atoms with van der Waals surface area (Å²) in [7, 11) is 1.66. The number of hydrogen-bond donors (Lipinski definition) is 0. The zero-order chi connectivity index (χ0) is 13.0. The van der Waals surface area contributed by atoms with Gasteiger partial charge in [0.1, 0.15) is 12.4 Å². The monoisotopic (exact) mass is 266 g/mol. The third kappa shape index (κ3) is 2.99. The number of rotatable bonds is 6. The molecule has 3 nitrogen and oxygen atoms in total. The molecule has 0 bridgehead atoms. The molecular formula is C14H18O3S. The maximum Gasteiger partial charge on any atom is 0.309 e. The number of carbonyl (C=O) groups excluding carboxylic acids is 1. The number of benzene rings is 1. The van der Waals surface area contributed by atoms with E-state index in [0.29, 0.717) is 6.61 Å². The average molecular weight is 266 g/mol. The largest absolute Gasteiger partial charge is 0.496 e. The number of hydrogen-bond acceptors (Lipinski definition) is 4. The van der Waals surface area contributed by atoms with E-state index in [1.165, 1.54) is 0 Å². The van der Waals surface area contributed by atoms with Crippen LogP contribution in [0.5, 0.6) is 5.75 Å². The molecule has 18 heavy (non-hydrogen) atoms.